The molecule has 0 radical (unpaired) electrons. The predicted molar refractivity (Wildman–Crippen MR) is 143 cm³/mol. The number of benzene rings is 3. The lowest BCUT2D eigenvalue weighted by atomic mass is 10.0. The smallest absolute Gasteiger partial charge is 0.242 e. The van der Waals surface area contributed by atoms with Gasteiger partial charge in [-0.15, -0.1) is 11.8 Å². The van der Waals surface area contributed by atoms with E-state index in [4.69, 9.17) is 34.8 Å². The maximum atomic E-state index is 13.5. The fourth-order valence-corrected chi connectivity index (χ4v) is 5.06. The highest BCUT2D eigenvalue weighted by Gasteiger charge is 2.30. The Morgan fingerprint density at radius 2 is 1.62 bits per heavy atom. The minimum Gasteiger partial charge on any atom is -0.357 e. The molecule has 8 heteroatoms. The third-order valence-electron chi connectivity index (χ3n) is 5.26. The van der Waals surface area contributed by atoms with Gasteiger partial charge < -0.3 is 10.2 Å². The predicted octanol–water partition coefficient (Wildman–Crippen LogP) is 6.27. The van der Waals surface area contributed by atoms with Crippen molar-refractivity contribution in [2.24, 2.45) is 0 Å². The van der Waals surface area contributed by atoms with Crippen molar-refractivity contribution in [1.29, 1.82) is 0 Å². The molecule has 0 fully saturated rings. The normalized spacial score (nSPS) is 11.6. The van der Waals surface area contributed by atoms with Crippen LogP contribution in [0.2, 0.25) is 15.1 Å². The van der Waals surface area contributed by atoms with Crippen molar-refractivity contribution in [2.75, 3.05) is 12.8 Å². The molecule has 3 aromatic carbocycles. The van der Waals surface area contributed by atoms with Crippen molar-refractivity contribution >= 4 is 58.4 Å². The van der Waals surface area contributed by atoms with E-state index in [2.05, 4.69) is 5.32 Å². The number of likely N-dealkylation sites (N-methyl/N-ethyl adjacent to an activating group) is 1. The summed E-state index contributed by atoms with van der Waals surface area (Å²) in [5.41, 5.74) is 2.72. The fraction of sp³-hybridized carbons (Fsp3) is 0.231. The highest BCUT2D eigenvalue weighted by molar-refractivity contribution is 7.99. The molecule has 3 rings (SSSR count). The topological polar surface area (TPSA) is 49.4 Å². The second-order valence-corrected chi connectivity index (χ2v) is 9.97. The zero-order valence-corrected chi connectivity index (χ0v) is 21.7. The summed E-state index contributed by atoms with van der Waals surface area (Å²) in [7, 11) is 1.58. The van der Waals surface area contributed by atoms with Crippen molar-refractivity contribution < 1.29 is 9.59 Å². The molecule has 4 nitrogen and oxygen atoms in total. The molecule has 3 aromatic rings. The average Bonchev–Trinajstić information content (AvgIpc) is 2.82. The number of thioether (sulfide) groups is 1. The Morgan fingerprint density at radius 3 is 2.29 bits per heavy atom. The first-order valence-electron chi connectivity index (χ1n) is 10.7. The van der Waals surface area contributed by atoms with Gasteiger partial charge in [-0.25, -0.2) is 0 Å². The van der Waals surface area contributed by atoms with E-state index in [0.717, 1.165) is 16.7 Å². The molecule has 2 amide bonds. The van der Waals surface area contributed by atoms with Gasteiger partial charge in [0, 0.05) is 40.8 Å². The Morgan fingerprint density at radius 1 is 0.912 bits per heavy atom. The Balaban J connectivity index is 1.84. The van der Waals surface area contributed by atoms with Crippen LogP contribution in [0.25, 0.3) is 0 Å². The molecule has 178 valence electrons. The number of amides is 2. The Bertz CT molecular complexity index is 1130. The molecular formula is C26H25Cl3N2O2S. The maximum Gasteiger partial charge on any atom is 0.242 e. The Labute approximate surface area is 219 Å². The van der Waals surface area contributed by atoms with E-state index in [-0.39, 0.29) is 24.1 Å². The molecule has 0 aliphatic heterocycles. The van der Waals surface area contributed by atoms with Crippen LogP contribution in [0.15, 0.2) is 72.8 Å². The Kier molecular flexibility index (Phi) is 10.1. The number of hydrogen-bond acceptors (Lipinski definition) is 3. The summed E-state index contributed by atoms with van der Waals surface area (Å²) in [4.78, 5) is 28.0. The van der Waals surface area contributed by atoms with Crippen LogP contribution in [0.1, 0.15) is 16.7 Å². The lowest BCUT2D eigenvalue weighted by Crippen LogP contribution is -2.50. The molecule has 0 unspecified atom stereocenters. The van der Waals surface area contributed by atoms with Gasteiger partial charge in [0.25, 0.3) is 0 Å². The van der Waals surface area contributed by atoms with Gasteiger partial charge in [0.1, 0.15) is 6.04 Å². The summed E-state index contributed by atoms with van der Waals surface area (Å²) in [5, 5.41) is 4.33. The molecule has 0 heterocycles. The van der Waals surface area contributed by atoms with Crippen LogP contribution in [-0.4, -0.2) is 35.6 Å². The van der Waals surface area contributed by atoms with Gasteiger partial charge >= 0.3 is 0 Å². The van der Waals surface area contributed by atoms with Gasteiger partial charge in [0.2, 0.25) is 11.8 Å². The van der Waals surface area contributed by atoms with Crippen LogP contribution in [0.3, 0.4) is 0 Å². The second-order valence-electron chi connectivity index (χ2n) is 7.70. The monoisotopic (exact) mass is 534 g/mol. The third kappa shape index (κ3) is 7.67. The minimum absolute atomic E-state index is 0.150. The molecule has 1 atom stereocenters. The van der Waals surface area contributed by atoms with Gasteiger partial charge in [-0.1, -0.05) is 83.3 Å². The Hall–Kier alpha value is -2.18. The van der Waals surface area contributed by atoms with Gasteiger partial charge in [0.05, 0.1) is 5.75 Å². The van der Waals surface area contributed by atoms with Crippen molar-refractivity contribution in [2.45, 2.75) is 24.8 Å². The number of rotatable bonds is 10. The van der Waals surface area contributed by atoms with Gasteiger partial charge in [-0.3, -0.25) is 9.59 Å². The standard InChI is InChI=1S/C26H25Cl3N2O2S/c1-30-26(33)24(13-18-6-3-2-4-7-18)31(15-20-10-11-22(28)14-23(20)29)25(32)17-34-16-19-8-5-9-21(27)12-19/h2-12,14,24H,13,15-17H2,1H3,(H,30,33)/t24-/m0/s1. The summed E-state index contributed by atoms with van der Waals surface area (Å²) in [6, 6.07) is 21.7. The van der Waals surface area contributed by atoms with E-state index in [1.807, 2.05) is 54.6 Å². The van der Waals surface area contributed by atoms with Crippen molar-refractivity contribution in [3.05, 3.63) is 105 Å². The van der Waals surface area contributed by atoms with Crippen molar-refractivity contribution in [1.82, 2.24) is 10.2 Å². The third-order valence-corrected chi connectivity index (χ3v) is 7.07. The number of nitrogens with zero attached hydrogens (tertiary/aromatic N) is 1. The van der Waals surface area contributed by atoms with E-state index in [1.165, 1.54) is 11.8 Å². The quantitative estimate of drug-likeness (QED) is 0.333. The van der Waals surface area contributed by atoms with Crippen LogP contribution < -0.4 is 5.32 Å². The molecule has 0 saturated carbocycles. The zero-order valence-electron chi connectivity index (χ0n) is 18.6. The number of nitrogens with one attached hydrogen (secondary N) is 1. The summed E-state index contributed by atoms with van der Waals surface area (Å²) in [6.45, 7) is 0.192. The van der Waals surface area contributed by atoms with E-state index in [0.29, 0.717) is 27.2 Å². The summed E-state index contributed by atoms with van der Waals surface area (Å²) >= 11 is 20.0. The van der Waals surface area contributed by atoms with E-state index in [1.54, 1.807) is 30.1 Å². The molecule has 1 N–H and O–H groups in total. The first kappa shape index (κ1) is 26.4. The maximum absolute atomic E-state index is 13.5. The molecule has 34 heavy (non-hydrogen) atoms. The highest BCUT2D eigenvalue weighted by atomic mass is 35.5. The molecule has 0 bridgehead atoms. The SMILES string of the molecule is CNC(=O)[C@H](Cc1ccccc1)N(Cc1ccc(Cl)cc1Cl)C(=O)CSCc1cccc(Cl)c1. The minimum atomic E-state index is -0.696. The van der Waals surface area contributed by atoms with Gasteiger partial charge in [-0.2, -0.15) is 0 Å². The van der Waals surface area contributed by atoms with E-state index in [9.17, 15) is 9.59 Å². The summed E-state index contributed by atoms with van der Waals surface area (Å²) in [6.07, 6.45) is 0.385. The van der Waals surface area contributed by atoms with Crippen LogP contribution in [-0.2, 0) is 28.3 Å². The van der Waals surface area contributed by atoms with Crippen LogP contribution in [0.4, 0.5) is 0 Å². The van der Waals surface area contributed by atoms with Crippen molar-refractivity contribution in [3.8, 4) is 0 Å². The van der Waals surface area contributed by atoms with E-state index >= 15 is 0 Å². The number of halogens is 3. The lowest BCUT2D eigenvalue weighted by Gasteiger charge is -2.31. The molecule has 0 aliphatic carbocycles. The molecule has 0 aromatic heterocycles. The fourth-order valence-electron chi connectivity index (χ4n) is 3.52. The number of hydrogen-bond donors (Lipinski definition) is 1. The highest BCUT2D eigenvalue weighted by Crippen LogP contribution is 2.25. The number of carbonyl (C=O) groups excluding carboxylic acids is 2. The first-order valence-corrected chi connectivity index (χ1v) is 13.0. The molecular weight excluding hydrogens is 511 g/mol. The van der Waals surface area contributed by atoms with Gasteiger partial charge in [-0.05, 0) is 41.0 Å². The van der Waals surface area contributed by atoms with Gasteiger partial charge in [0.15, 0.2) is 0 Å². The number of carbonyl (C=O) groups is 2. The zero-order chi connectivity index (χ0) is 24.5. The second kappa shape index (κ2) is 13.1. The molecule has 0 aliphatic rings. The average molecular weight is 536 g/mol. The molecule has 0 spiro atoms. The van der Waals surface area contributed by atoms with Crippen LogP contribution in [0.5, 0.6) is 0 Å². The summed E-state index contributed by atoms with van der Waals surface area (Å²) < 4.78 is 0. The van der Waals surface area contributed by atoms with E-state index < -0.39 is 6.04 Å². The van der Waals surface area contributed by atoms with Crippen LogP contribution in [0, 0.1) is 0 Å². The lowest BCUT2D eigenvalue weighted by molar-refractivity contribution is -0.139. The first-order chi connectivity index (χ1) is 16.4. The largest absolute Gasteiger partial charge is 0.357 e. The van der Waals surface area contributed by atoms with Crippen molar-refractivity contribution in [3.63, 3.8) is 0 Å². The molecule has 0 saturated heterocycles. The van der Waals surface area contributed by atoms with Crippen LogP contribution >= 0.6 is 46.6 Å². The summed E-state index contributed by atoms with van der Waals surface area (Å²) in [5.74, 6) is 0.454.